The van der Waals surface area contributed by atoms with E-state index >= 15 is 0 Å². The minimum atomic E-state index is -0.216. The molecule has 0 saturated heterocycles. The van der Waals surface area contributed by atoms with Crippen LogP contribution >= 0.6 is 0 Å². The minimum absolute atomic E-state index is 0.216. The number of rotatable bonds is 8. The number of nitrogens with one attached hydrogen (secondary N) is 1. The summed E-state index contributed by atoms with van der Waals surface area (Å²) in [4.78, 5) is 21.8. The first-order chi connectivity index (χ1) is 16.4. The van der Waals surface area contributed by atoms with E-state index in [-0.39, 0.29) is 5.78 Å². The van der Waals surface area contributed by atoms with E-state index in [4.69, 9.17) is 14.2 Å². The molecular formula is C28H28N2O4. The molecule has 0 unspecified atom stereocenters. The lowest BCUT2D eigenvalue weighted by atomic mass is 9.97. The Bertz CT molecular complexity index is 1290. The molecule has 0 aliphatic carbocycles. The lowest BCUT2D eigenvalue weighted by Gasteiger charge is -2.14. The van der Waals surface area contributed by atoms with Gasteiger partial charge in [0, 0.05) is 5.56 Å². The minimum Gasteiger partial charge on any atom is -0.493 e. The number of ether oxygens (including phenoxy) is 3. The monoisotopic (exact) mass is 456 g/mol. The second kappa shape index (κ2) is 9.83. The van der Waals surface area contributed by atoms with Crippen molar-refractivity contribution in [3.8, 4) is 17.2 Å². The number of hydrogen-bond acceptors (Lipinski definition) is 5. The van der Waals surface area contributed by atoms with E-state index in [1.165, 1.54) is 26.9 Å². The highest BCUT2D eigenvalue weighted by atomic mass is 16.5. The molecule has 0 bridgehead atoms. The largest absolute Gasteiger partial charge is 0.493 e. The molecule has 174 valence electrons. The Morgan fingerprint density at radius 1 is 0.912 bits per heavy atom. The molecule has 3 aromatic carbocycles. The molecule has 4 rings (SSSR count). The number of aromatic nitrogens is 2. The van der Waals surface area contributed by atoms with Crippen molar-refractivity contribution in [1.29, 1.82) is 0 Å². The smallest absolute Gasteiger partial charge is 0.203 e. The Balaban J connectivity index is 1.86. The normalized spacial score (nSPS) is 11.6. The summed E-state index contributed by atoms with van der Waals surface area (Å²) in [6.07, 6.45) is 1.85. The first kappa shape index (κ1) is 23.1. The van der Waals surface area contributed by atoms with E-state index in [0.29, 0.717) is 40.1 Å². The van der Waals surface area contributed by atoms with Crippen LogP contribution in [-0.4, -0.2) is 37.1 Å². The van der Waals surface area contributed by atoms with Gasteiger partial charge in [-0.25, -0.2) is 4.98 Å². The number of ketones is 1. The number of para-hydroxylation sites is 2. The van der Waals surface area contributed by atoms with Gasteiger partial charge in [-0.1, -0.05) is 50.2 Å². The molecule has 0 spiro atoms. The van der Waals surface area contributed by atoms with Crippen molar-refractivity contribution in [1.82, 2.24) is 9.97 Å². The summed E-state index contributed by atoms with van der Waals surface area (Å²) in [6.45, 7) is 4.30. The van der Waals surface area contributed by atoms with Gasteiger partial charge in [-0.3, -0.25) is 4.79 Å². The molecule has 0 aliphatic rings. The fourth-order valence-electron chi connectivity index (χ4n) is 3.83. The molecule has 1 N–H and O–H groups in total. The lowest BCUT2D eigenvalue weighted by Crippen LogP contribution is -2.06. The van der Waals surface area contributed by atoms with Crippen LogP contribution in [0.5, 0.6) is 17.2 Å². The molecule has 1 aromatic heterocycles. The maximum absolute atomic E-state index is 13.9. The van der Waals surface area contributed by atoms with Crippen molar-refractivity contribution >= 4 is 28.5 Å². The third-order valence-corrected chi connectivity index (χ3v) is 5.73. The van der Waals surface area contributed by atoms with E-state index in [1.54, 1.807) is 12.1 Å². The van der Waals surface area contributed by atoms with Gasteiger partial charge in [-0.05, 0) is 47.4 Å². The van der Waals surface area contributed by atoms with Crippen LogP contribution in [0, 0.1) is 0 Å². The first-order valence-electron chi connectivity index (χ1n) is 11.1. The Kier molecular flexibility index (Phi) is 6.68. The number of H-pyrrole nitrogens is 1. The van der Waals surface area contributed by atoms with E-state index in [1.807, 2.05) is 42.5 Å². The van der Waals surface area contributed by atoms with Crippen molar-refractivity contribution in [2.75, 3.05) is 21.3 Å². The van der Waals surface area contributed by atoms with Crippen LogP contribution in [0.25, 0.3) is 22.7 Å². The van der Waals surface area contributed by atoms with Gasteiger partial charge >= 0.3 is 0 Å². The third-order valence-electron chi connectivity index (χ3n) is 5.73. The maximum Gasteiger partial charge on any atom is 0.203 e. The van der Waals surface area contributed by atoms with E-state index in [2.05, 4.69) is 35.9 Å². The fourth-order valence-corrected chi connectivity index (χ4v) is 3.83. The van der Waals surface area contributed by atoms with Crippen LogP contribution in [0.4, 0.5) is 0 Å². The average molecular weight is 457 g/mol. The maximum atomic E-state index is 13.9. The molecule has 0 atom stereocenters. The molecular weight excluding hydrogens is 428 g/mol. The highest BCUT2D eigenvalue weighted by Crippen LogP contribution is 2.39. The van der Waals surface area contributed by atoms with Crippen molar-refractivity contribution < 1.29 is 19.0 Å². The first-order valence-corrected chi connectivity index (χ1v) is 11.1. The van der Waals surface area contributed by atoms with Crippen LogP contribution in [0.1, 0.15) is 47.1 Å². The quantitative estimate of drug-likeness (QED) is 0.255. The Morgan fingerprint density at radius 2 is 1.56 bits per heavy atom. The van der Waals surface area contributed by atoms with Crippen LogP contribution < -0.4 is 14.2 Å². The number of carbonyl (C=O) groups excluding carboxylic acids is 1. The summed E-state index contributed by atoms with van der Waals surface area (Å²) in [5.74, 6) is 1.96. The summed E-state index contributed by atoms with van der Waals surface area (Å²) < 4.78 is 16.3. The highest BCUT2D eigenvalue weighted by Gasteiger charge is 2.22. The summed E-state index contributed by atoms with van der Waals surface area (Å²) in [5.41, 5.74) is 4.62. The standard InChI is InChI=1S/C28H28N2O4/c1-17(2)19-12-10-18(11-13-19)14-21(28-29-22-8-6-7-9-23(22)30-28)26(31)20-15-24(32-3)27(34-5)25(16-20)33-4/h6-17H,1-5H3,(H,29,30). The van der Waals surface area contributed by atoms with Gasteiger partial charge in [0.15, 0.2) is 17.3 Å². The van der Waals surface area contributed by atoms with Crippen LogP contribution in [0.3, 0.4) is 0 Å². The molecule has 0 radical (unpaired) electrons. The van der Waals surface area contributed by atoms with Gasteiger partial charge in [0.1, 0.15) is 5.82 Å². The molecule has 6 heteroatoms. The second-order valence-corrected chi connectivity index (χ2v) is 8.23. The van der Waals surface area contributed by atoms with E-state index in [9.17, 15) is 4.79 Å². The van der Waals surface area contributed by atoms with Crippen molar-refractivity contribution in [3.05, 3.63) is 83.2 Å². The van der Waals surface area contributed by atoms with E-state index < -0.39 is 0 Å². The summed E-state index contributed by atoms with van der Waals surface area (Å²) in [7, 11) is 4.58. The number of nitrogens with zero attached hydrogens (tertiary/aromatic N) is 1. The Hall–Kier alpha value is -4.06. The molecule has 34 heavy (non-hydrogen) atoms. The van der Waals surface area contributed by atoms with Gasteiger partial charge in [-0.15, -0.1) is 0 Å². The van der Waals surface area contributed by atoms with Gasteiger partial charge < -0.3 is 19.2 Å². The molecule has 1 heterocycles. The SMILES string of the molecule is COc1cc(C(=O)C(=Cc2ccc(C(C)C)cc2)c2nc3ccccc3[nH]2)cc(OC)c1OC. The number of fused-ring (bicyclic) bond motifs is 1. The highest BCUT2D eigenvalue weighted by molar-refractivity contribution is 6.32. The zero-order valence-corrected chi connectivity index (χ0v) is 20.0. The number of imidazole rings is 1. The van der Waals surface area contributed by atoms with Crippen LogP contribution in [0.2, 0.25) is 0 Å². The molecule has 0 aliphatic heterocycles. The summed E-state index contributed by atoms with van der Waals surface area (Å²) >= 11 is 0. The molecule has 6 nitrogen and oxygen atoms in total. The number of Topliss-reactive ketones (excluding diaryl/α,β-unsaturated/α-hetero) is 1. The molecule has 0 fully saturated rings. The van der Waals surface area contributed by atoms with Crippen molar-refractivity contribution in [2.24, 2.45) is 0 Å². The predicted molar refractivity (Wildman–Crippen MR) is 135 cm³/mol. The molecule has 0 amide bonds. The van der Waals surface area contributed by atoms with Gasteiger partial charge in [0.25, 0.3) is 0 Å². The second-order valence-electron chi connectivity index (χ2n) is 8.23. The Morgan fingerprint density at radius 3 is 2.12 bits per heavy atom. The third kappa shape index (κ3) is 4.53. The number of hydrogen-bond donors (Lipinski definition) is 1. The fraction of sp³-hybridized carbons (Fsp3) is 0.214. The molecule has 4 aromatic rings. The lowest BCUT2D eigenvalue weighted by molar-refractivity contribution is 0.105. The van der Waals surface area contributed by atoms with Gasteiger partial charge in [0.2, 0.25) is 5.75 Å². The number of allylic oxidation sites excluding steroid dienone is 1. The van der Waals surface area contributed by atoms with Crippen molar-refractivity contribution in [3.63, 3.8) is 0 Å². The predicted octanol–water partition coefficient (Wildman–Crippen LogP) is 6.14. The summed E-state index contributed by atoms with van der Waals surface area (Å²) in [6, 6.07) is 19.2. The van der Waals surface area contributed by atoms with Crippen LogP contribution in [0.15, 0.2) is 60.7 Å². The number of carbonyl (C=O) groups is 1. The van der Waals surface area contributed by atoms with E-state index in [0.717, 1.165) is 16.6 Å². The zero-order chi connectivity index (χ0) is 24.2. The van der Waals surface area contributed by atoms with Gasteiger partial charge in [0.05, 0.1) is 37.9 Å². The summed E-state index contributed by atoms with van der Waals surface area (Å²) in [5, 5.41) is 0. The topological polar surface area (TPSA) is 73.4 Å². The molecule has 0 saturated carbocycles. The Labute approximate surface area is 199 Å². The van der Waals surface area contributed by atoms with Crippen LogP contribution in [-0.2, 0) is 0 Å². The zero-order valence-electron chi connectivity index (χ0n) is 20.0. The number of benzene rings is 3. The van der Waals surface area contributed by atoms with Gasteiger partial charge in [-0.2, -0.15) is 0 Å². The van der Waals surface area contributed by atoms with Crippen molar-refractivity contribution in [2.45, 2.75) is 19.8 Å². The average Bonchev–Trinajstić information content (AvgIpc) is 3.30. The number of methoxy groups -OCH3 is 3. The number of aromatic amines is 1.